The van der Waals surface area contributed by atoms with E-state index >= 15 is 0 Å². The Morgan fingerprint density at radius 1 is 1.03 bits per heavy atom. The third-order valence-electron chi connectivity index (χ3n) is 4.89. The number of morpholine rings is 1. The van der Waals surface area contributed by atoms with Gasteiger partial charge in [0.1, 0.15) is 5.82 Å². The zero-order valence-electron chi connectivity index (χ0n) is 16.7. The summed E-state index contributed by atoms with van der Waals surface area (Å²) in [6, 6.07) is 9.89. The van der Waals surface area contributed by atoms with Crippen LogP contribution in [0.15, 0.2) is 41.1 Å². The Hall–Kier alpha value is -2.68. The molecule has 0 unspecified atom stereocenters. The highest BCUT2D eigenvalue weighted by Gasteiger charge is 2.11. The van der Waals surface area contributed by atoms with E-state index in [0.29, 0.717) is 18.3 Å². The van der Waals surface area contributed by atoms with Gasteiger partial charge in [0.15, 0.2) is 0 Å². The van der Waals surface area contributed by atoms with Gasteiger partial charge in [-0.1, -0.05) is 29.4 Å². The summed E-state index contributed by atoms with van der Waals surface area (Å²) in [7, 11) is 0. The number of hydrogen-bond donors (Lipinski definition) is 1. The Bertz CT molecular complexity index is 906. The molecule has 8 nitrogen and oxygen atoms in total. The lowest BCUT2D eigenvalue weighted by molar-refractivity contribution is 0.0374. The van der Waals surface area contributed by atoms with Gasteiger partial charge in [0.25, 0.3) is 0 Å². The van der Waals surface area contributed by atoms with E-state index in [2.05, 4.69) is 30.3 Å². The molecule has 4 rings (SSSR count). The van der Waals surface area contributed by atoms with Gasteiger partial charge in [0.05, 0.1) is 25.5 Å². The van der Waals surface area contributed by atoms with Crippen molar-refractivity contribution < 1.29 is 9.26 Å². The van der Waals surface area contributed by atoms with Crippen LogP contribution in [0.5, 0.6) is 0 Å². The monoisotopic (exact) mass is 394 g/mol. The van der Waals surface area contributed by atoms with Gasteiger partial charge in [0.2, 0.25) is 11.7 Å². The van der Waals surface area contributed by atoms with Crippen molar-refractivity contribution in [3.63, 3.8) is 0 Å². The van der Waals surface area contributed by atoms with Gasteiger partial charge in [-0.25, -0.2) is 9.97 Å². The Labute approximate surface area is 170 Å². The Morgan fingerprint density at radius 2 is 1.83 bits per heavy atom. The van der Waals surface area contributed by atoms with Gasteiger partial charge < -0.3 is 14.6 Å². The van der Waals surface area contributed by atoms with Crippen molar-refractivity contribution in [3.05, 3.63) is 48.2 Å². The van der Waals surface area contributed by atoms with Crippen LogP contribution >= 0.6 is 0 Å². The standard InChI is InChI=1S/C21H26N6O2/c1-16-23-9-7-19(24-16)17-3-5-18(6-4-17)21-25-20(29-26-21)15-22-8-2-10-27-11-13-28-14-12-27/h3-7,9,22H,2,8,10-15H2,1H3. The quantitative estimate of drug-likeness (QED) is 0.582. The van der Waals surface area contributed by atoms with Gasteiger partial charge >= 0.3 is 0 Å². The van der Waals surface area contributed by atoms with E-state index < -0.39 is 0 Å². The zero-order valence-corrected chi connectivity index (χ0v) is 16.7. The third-order valence-corrected chi connectivity index (χ3v) is 4.89. The summed E-state index contributed by atoms with van der Waals surface area (Å²) in [5, 5.41) is 7.48. The number of nitrogens with zero attached hydrogens (tertiary/aromatic N) is 5. The van der Waals surface area contributed by atoms with Crippen LogP contribution in [0.3, 0.4) is 0 Å². The molecular weight excluding hydrogens is 368 g/mol. The predicted molar refractivity (Wildman–Crippen MR) is 109 cm³/mol. The SMILES string of the molecule is Cc1nccc(-c2ccc(-c3noc(CNCCCN4CCOCC4)n3)cc2)n1. The van der Waals surface area contributed by atoms with Gasteiger partial charge in [-0.3, -0.25) is 4.90 Å². The molecule has 3 aromatic rings. The van der Waals surface area contributed by atoms with E-state index in [9.17, 15) is 0 Å². The molecule has 29 heavy (non-hydrogen) atoms. The van der Waals surface area contributed by atoms with Crippen LogP contribution in [0.2, 0.25) is 0 Å². The number of aromatic nitrogens is 4. The molecule has 0 saturated carbocycles. The summed E-state index contributed by atoms with van der Waals surface area (Å²) in [4.78, 5) is 15.5. The lowest BCUT2D eigenvalue weighted by atomic mass is 10.1. The minimum atomic E-state index is 0.578. The highest BCUT2D eigenvalue weighted by atomic mass is 16.5. The van der Waals surface area contributed by atoms with Crippen molar-refractivity contribution >= 4 is 0 Å². The molecule has 0 bridgehead atoms. The van der Waals surface area contributed by atoms with E-state index in [1.54, 1.807) is 6.20 Å². The van der Waals surface area contributed by atoms with Crippen LogP contribution in [0.25, 0.3) is 22.6 Å². The summed E-state index contributed by atoms with van der Waals surface area (Å²) >= 11 is 0. The number of aryl methyl sites for hydroxylation is 1. The molecule has 1 fully saturated rings. The second-order valence-electron chi connectivity index (χ2n) is 7.06. The van der Waals surface area contributed by atoms with Crippen LogP contribution in [0, 0.1) is 6.92 Å². The van der Waals surface area contributed by atoms with Crippen LogP contribution in [0.1, 0.15) is 18.1 Å². The Balaban J connectivity index is 1.26. The summed E-state index contributed by atoms with van der Waals surface area (Å²) < 4.78 is 10.7. The maximum absolute atomic E-state index is 5.38. The van der Waals surface area contributed by atoms with Gasteiger partial charge in [-0.2, -0.15) is 4.98 Å². The van der Waals surface area contributed by atoms with E-state index in [4.69, 9.17) is 9.26 Å². The summed E-state index contributed by atoms with van der Waals surface area (Å²) in [5.41, 5.74) is 2.85. The minimum Gasteiger partial charge on any atom is -0.379 e. The van der Waals surface area contributed by atoms with Gasteiger partial charge in [-0.05, 0) is 32.5 Å². The molecule has 3 heterocycles. The van der Waals surface area contributed by atoms with Crippen LogP contribution in [-0.2, 0) is 11.3 Å². The molecule has 1 aromatic carbocycles. The molecule has 1 aliphatic heterocycles. The zero-order chi connectivity index (χ0) is 19.9. The minimum absolute atomic E-state index is 0.578. The Kier molecular flexibility index (Phi) is 6.56. The molecule has 0 aliphatic carbocycles. The highest BCUT2D eigenvalue weighted by Crippen LogP contribution is 2.22. The predicted octanol–water partition coefficient (Wildman–Crippen LogP) is 2.31. The van der Waals surface area contributed by atoms with Crippen LogP contribution in [-0.4, -0.2) is 64.4 Å². The molecule has 0 radical (unpaired) electrons. The first-order valence-corrected chi connectivity index (χ1v) is 10.0. The van der Waals surface area contributed by atoms with Gasteiger partial charge in [0, 0.05) is 30.4 Å². The lowest BCUT2D eigenvalue weighted by Crippen LogP contribution is -2.37. The first-order chi connectivity index (χ1) is 14.3. The lowest BCUT2D eigenvalue weighted by Gasteiger charge is -2.26. The van der Waals surface area contributed by atoms with E-state index in [1.807, 2.05) is 37.3 Å². The van der Waals surface area contributed by atoms with Crippen LogP contribution in [0.4, 0.5) is 0 Å². The summed E-state index contributed by atoms with van der Waals surface area (Å²) in [5.74, 6) is 1.95. The van der Waals surface area contributed by atoms with E-state index in [0.717, 1.165) is 68.5 Å². The molecule has 1 saturated heterocycles. The maximum Gasteiger partial charge on any atom is 0.240 e. The molecule has 2 aromatic heterocycles. The average molecular weight is 394 g/mol. The topological polar surface area (TPSA) is 89.2 Å². The van der Waals surface area contributed by atoms with E-state index in [-0.39, 0.29) is 0 Å². The molecule has 0 amide bonds. The third kappa shape index (κ3) is 5.44. The Morgan fingerprint density at radius 3 is 2.62 bits per heavy atom. The number of rotatable bonds is 8. The molecule has 1 N–H and O–H groups in total. The maximum atomic E-state index is 5.38. The number of hydrogen-bond acceptors (Lipinski definition) is 8. The molecular formula is C21H26N6O2. The number of benzene rings is 1. The highest BCUT2D eigenvalue weighted by molar-refractivity contribution is 5.64. The number of ether oxygens (including phenoxy) is 1. The molecule has 8 heteroatoms. The number of nitrogens with one attached hydrogen (secondary N) is 1. The summed E-state index contributed by atoms with van der Waals surface area (Å²) in [6.07, 6.45) is 2.86. The van der Waals surface area contributed by atoms with Crippen molar-refractivity contribution in [1.29, 1.82) is 0 Å². The van der Waals surface area contributed by atoms with E-state index in [1.165, 1.54) is 0 Å². The fourth-order valence-corrected chi connectivity index (χ4v) is 3.30. The van der Waals surface area contributed by atoms with Crippen molar-refractivity contribution in [3.8, 4) is 22.6 Å². The first kappa shape index (κ1) is 19.6. The summed E-state index contributed by atoms with van der Waals surface area (Å²) in [6.45, 7) is 8.22. The van der Waals surface area contributed by atoms with Crippen molar-refractivity contribution in [1.82, 2.24) is 30.3 Å². The van der Waals surface area contributed by atoms with Crippen LogP contribution < -0.4 is 5.32 Å². The fourth-order valence-electron chi connectivity index (χ4n) is 3.30. The first-order valence-electron chi connectivity index (χ1n) is 10.0. The second kappa shape index (κ2) is 9.69. The smallest absolute Gasteiger partial charge is 0.240 e. The second-order valence-corrected chi connectivity index (χ2v) is 7.06. The molecule has 0 spiro atoms. The molecule has 0 atom stereocenters. The van der Waals surface area contributed by atoms with Gasteiger partial charge in [-0.15, -0.1) is 0 Å². The largest absolute Gasteiger partial charge is 0.379 e. The normalized spacial score (nSPS) is 14.9. The molecule has 1 aliphatic rings. The van der Waals surface area contributed by atoms with Crippen molar-refractivity contribution in [2.45, 2.75) is 19.9 Å². The van der Waals surface area contributed by atoms with Crippen molar-refractivity contribution in [2.24, 2.45) is 0 Å². The van der Waals surface area contributed by atoms with Crippen molar-refractivity contribution in [2.75, 3.05) is 39.4 Å². The average Bonchev–Trinajstić information content (AvgIpc) is 3.23. The molecule has 152 valence electrons. The fraction of sp³-hybridized carbons (Fsp3) is 0.429.